The van der Waals surface area contributed by atoms with Crippen LogP contribution in [0, 0.1) is 0 Å². The van der Waals surface area contributed by atoms with Crippen LogP contribution in [0.1, 0.15) is 18.0 Å². The van der Waals surface area contributed by atoms with Gasteiger partial charge in [0.1, 0.15) is 0 Å². The van der Waals surface area contributed by atoms with E-state index in [4.69, 9.17) is 4.74 Å². The number of hydrogen-bond acceptors (Lipinski definition) is 4. The van der Waals surface area contributed by atoms with Crippen molar-refractivity contribution in [2.24, 2.45) is 0 Å². The zero-order valence-corrected chi connectivity index (χ0v) is 10.9. The second kappa shape index (κ2) is 6.52. The van der Waals surface area contributed by atoms with E-state index in [1.165, 1.54) is 5.56 Å². The second-order valence-electron chi connectivity index (χ2n) is 4.46. The predicted octanol–water partition coefficient (Wildman–Crippen LogP) is 1.61. The lowest BCUT2D eigenvalue weighted by Gasteiger charge is -2.34. The summed E-state index contributed by atoms with van der Waals surface area (Å²) in [6.45, 7) is 8.12. The van der Waals surface area contributed by atoms with Crippen LogP contribution in [0.4, 0.5) is 0 Å². The largest absolute Gasteiger partial charge is 0.481 e. The van der Waals surface area contributed by atoms with Gasteiger partial charge in [-0.3, -0.25) is 4.90 Å². The van der Waals surface area contributed by atoms with Crippen LogP contribution in [-0.4, -0.2) is 43.2 Å². The molecule has 4 nitrogen and oxygen atoms in total. The van der Waals surface area contributed by atoms with E-state index < -0.39 is 0 Å². The highest BCUT2D eigenvalue weighted by atomic mass is 16.5. The molecular formula is C14H21N3O. The number of aromatic nitrogens is 1. The first-order chi connectivity index (χ1) is 8.85. The molecule has 1 N–H and O–H groups in total. The monoisotopic (exact) mass is 247 g/mol. The number of nitrogens with one attached hydrogen (secondary N) is 1. The molecular weight excluding hydrogens is 226 g/mol. The molecule has 4 heteroatoms. The van der Waals surface area contributed by atoms with Gasteiger partial charge in [0.25, 0.3) is 0 Å². The maximum Gasteiger partial charge on any atom is 0.212 e. The molecule has 1 aliphatic rings. The lowest BCUT2D eigenvalue weighted by Crippen LogP contribution is -2.45. The van der Waals surface area contributed by atoms with Crippen molar-refractivity contribution in [1.29, 1.82) is 0 Å². The van der Waals surface area contributed by atoms with E-state index >= 15 is 0 Å². The Morgan fingerprint density at radius 3 is 2.83 bits per heavy atom. The predicted molar refractivity (Wildman–Crippen MR) is 72.8 cm³/mol. The average Bonchev–Trinajstić information content (AvgIpc) is 2.46. The Hall–Kier alpha value is -1.39. The van der Waals surface area contributed by atoms with Crippen LogP contribution < -0.4 is 10.1 Å². The summed E-state index contributed by atoms with van der Waals surface area (Å²) in [4.78, 5) is 6.78. The second-order valence-corrected chi connectivity index (χ2v) is 4.46. The number of nitrogens with zero attached hydrogens (tertiary/aromatic N) is 2. The zero-order chi connectivity index (χ0) is 12.8. The molecule has 0 radical (unpaired) electrons. The molecule has 1 aliphatic heterocycles. The molecule has 1 aromatic heterocycles. The summed E-state index contributed by atoms with van der Waals surface area (Å²) < 4.78 is 5.10. The van der Waals surface area contributed by atoms with Crippen LogP contribution in [0.5, 0.6) is 5.88 Å². The molecule has 1 fully saturated rings. The summed E-state index contributed by atoms with van der Waals surface area (Å²) in [6, 6.07) is 4.40. The maximum absolute atomic E-state index is 5.10. The van der Waals surface area contributed by atoms with Crippen molar-refractivity contribution >= 4 is 0 Å². The van der Waals surface area contributed by atoms with Gasteiger partial charge in [0, 0.05) is 44.5 Å². The lowest BCUT2D eigenvalue weighted by molar-refractivity contribution is 0.174. The molecule has 0 amide bonds. The van der Waals surface area contributed by atoms with Crippen molar-refractivity contribution < 1.29 is 4.74 Å². The summed E-state index contributed by atoms with van der Waals surface area (Å²) in [7, 11) is 1.64. The summed E-state index contributed by atoms with van der Waals surface area (Å²) in [5.74, 6) is 0.663. The van der Waals surface area contributed by atoms with E-state index in [9.17, 15) is 0 Å². The van der Waals surface area contributed by atoms with Gasteiger partial charge in [-0.05, 0) is 12.0 Å². The van der Waals surface area contributed by atoms with Gasteiger partial charge in [-0.1, -0.05) is 12.1 Å². The van der Waals surface area contributed by atoms with Gasteiger partial charge in [-0.15, -0.1) is 6.58 Å². The van der Waals surface area contributed by atoms with E-state index in [1.807, 2.05) is 18.3 Å². The fourth-order valence-corrected chi connectivity index (χ4v) is 2.36. The quantitative estimate of drug-likeness (QED) is 0.802. The van der Waals surface area contributed by atoms with E-state index in [-0.39, 0.29) is 0 Å². The number of methoxy groups -OCH3 is 1. The third kappa shape index (κ3) is 3.09. The molecule has 0 saturated carbocycles. The molecule has 98 valence electrons. The molecule has 0 aliphatic carbocycles. The van der Waals surface area contributed by atoms with Crippen molar-refractivity contribution in [2.45, 2.75) is 12.5 Å². The molecule has 0 spiro atoms. The number of piperazine rings is 1. The molecule has 0 aromatic carbocycles. The Morgan fingerprint density at radius 1 is 1.50 bits per heavy atom. The topological polar surface area (TPSA) is 37.4 Å². The van der Waals surface area contributed by atoms with Crippen LogP contribution in [0.2, 0.25) is 0 Å². The smallest absolute Gasteiger partial charge is 0.212 e. The first-order valence-corrected chi connectivity index (χ1v) is 6.40. The Kier molecular flexibility index (Phi) is 4.73. The van der Waals surface area contributed by atoms with Gasteiger partial charge in [0.05, 0.1) is 7.11 Å². The standard InChI is InChI=1S/C14H21N3O/c1-3-4-13(17-9-7-15-8-10-17)12-5-6-14(18-2)16-11-12/h3,5-6,11,13,15H,1,4,7-10H2,2H3/t13-/m1/s1. The van der Waals surface area contributed by atoms with Gasteiger partial charge in [0.2, 0.25) is 5.88 Å². The summed E-state index contributed by atoms with van der Waals surface area (Å²) in [6.07, 6.45) is 4.85. The van der Waals surface area contributed by atoms with E-state index in [2.05, 4.69) is 27.8 Å². The van der Waals surface area contributed by atoms with Crippen molar-refractivity contribution in [3.8, 4) is 5.88 Å². The van der Waals surface area contributed by atoms with Gasteiger partial charge in [0.15, 0.2) is 0 Å². The summed E-state index contributed by atoms with van der Waals surface area (Å²) in [5, 5.41) is 3.38. The number of pyridine rings is 1. The molecule has 1 saturated heterocycles. The SMILES string of the molecule is C=CC[C@H](c1ccc(OC)nc1)N1CCNCC1. The first kappa shape index (κ1) is 13.1. The Bertz CT molecular complexity index is 371. The van der Waals surface area contributed by atoms with Crippen LogP contribution in [-0.2, 0) is 0 Å². The minimum absolute atomic E-state index is 0.378. The van der Waals surface area contributed by atoms with Gasteiger partial charge < -0.3 is 10.1 Å². The van der Waals surface area contributed by atoms with Crippen molar-refractivity contribution in [3.05, 3.63) is 36.5 Å². The summed E-state index contributed by atoms with van der Waals surface area (Å²) in [5.41, 5.74) is 1.23. The highest BCUT2D eigenvalue weighted by Gasteiger charge is 2.21. The van der Waals surface area contributed by atoms with E-state index in [1.54, 1.807) is 7.11 Å². The van der Waals surface area contributed by atoms with E-state index in [0.29, 0.717) is 11.9 Å². The molecule has 1 atom stereocenters. The van der Waals surface area contributed by atoms with Gasteiger partial charge >= 0.3 is 0 Å². The minimum Gasteiger partial charge on any atom is -0.481 e. The lowest BCUT2D eigenvalue weighted by atomic mass is 10.0. The third-order valence-corrected chi connectivity index (χ3v) is 3.34. The van der Waals surface area contributed by atoms with Crippen LogP contribution in [0.3, 0.4) is 0 Å². The van der Waals surface area contributed by atoms with E-state index in [0.717, 1.165) is 32.6 Å². The average molecular weight is 247 g/mol. The Labute approximate surface area is 109 Å². The first-order valence-electron chi connectivity index (χ1n) is 6.40. The fraction of sp³-hybridized carbons (Fsp3) is 0.500. The normalized spacial score (nSPS) is 18.3. The number of hydrogen-bond donors (Lipinski definition) is 1. The Morgan fingerprint density at radius 2 is 2.28 bits per heavy atom. The molecule has 0 unspecified atom stereocenters. The van der Waals surface area contributed by atoms with Crippen LogP contribution in [0.25, 0.3) is 0 Å². The van der Waals surface area contributed by atoms with Crippen molar-refractivity contribution in [2.75, 3.05) is 33.3 Å². The number of ether oxygens (including phenoxy) is 1. The third-order valence-electron chi connectivity index (χ3n) is 3.34. The maximum atomic E-state index is 5.10. The molecule has 2 heterocycles. The highest BCUT2D eigenvalue weighted by molar-refractivity contribution is 5.21. The zero-order valence-electron chi connectivity index (χ0n) is 10.9. The van der Waals surface area contributed by atoms with Crippen LogP contribution >= 0.6 is 0 Å². The minimum atomic E-state index is 0.378. The summed E-state index contributed by atoms with van der Waals surface area (Å²) >= 11 is 0. The van der Waals surface area contributed by atoms with Crippen molar-refractivity contribution in [1.82, 2.24) is 15.2 Å². The molecule has 1 aromatic rings. The van der Waals surface area contributed by atoms with Gasteiger partial charge in [-0.2, -0.15) is 0 Å². The van der Waals surface area contributed by atoms with Gasteiger partial charge in [-0.25, -0.2) is 4.98 Å². The number of rotatable bonds is 5. The fourth-order valence-electron chi connectivity index (χ4n) is 2.36. The molecule has 2 rings (SSSR count). The molecule has 18 heavy (non-hydrogen) atoms. The van der Waals surface area contributed by atoms with Crippen LogP contribution in [0.15, 0.2) is 31.0 Å². The highest BCUT2D eigenvalue weighted by Crippen LogP contribution is 2.25. The molecule has 0 bridgehead atoms. The van der Waals surface area contributed by atoms with Crippen molar-refractivity contribution in [3.63, 3.8) is 0 Å². The Balaban J connectivity index is 2.13.